The third-order valence-corrected chi connectivity index (χ3v) is 3.04. The average Bonchev–Trinajstić information content (AvgIpc) is 2.68. The molecule has 0 aromatic carbocycles. The first-order valence-electron chi connectivity index (χ1n) is 5.67. The molecule has 3 rings (SSSR count). The van der Waals surface area contributed by atoms with Crippen LogP contribution < -0.4 is 5.01 Å². The Kier molecular flexibility index (Phi) is 2.40. The lowest BCUT2D eigenvalue weighted by atomic mass is 10.0. The van der Waals surface area contributed by atoms with Gasteiger partial charge in [0.25, 0.3) is 5.91 Å². The molecule has 1 atom stereocenters. The van der Waals surface area contributed by atoms with E-state index in [-0.39, 0.29) is 11.8 Å². The van der Waals surface area contributed by atoms with Gasteiger partial charge in [-0.2, -0.15) is 10.1 Å². The van der Waals surface area contributed by atoms with Crippen LogP contribution in [0.5, 0.6) is 0 Å². The number of ether oxygens (including phenoxy) is 1. The van der Waals surface area contributed by atoms with Crippen LogP contribution in [0.3, 0.4) is 0 Å². The minimum atomic E-state index is -0.203. The van der Waals surface area contributed by atoms with E-state index < -0.39 is 0 Å². The summed E-state index contributed by atoms with van der Waals surface area (Å²) < 4.78 is 5.31. The molecule has 0 N–H and O–H groups in total. The van der Waals surface area contributed by atoms with E-state index in [0.717, 1.165) is 17.7 Å². The van der Waals surface area contributed by atoms with Crippen LogP contribution in [0, 0.1) is 12.8 Å². The van der Waals surface area contributed by atoms with Crippen molar-refractivity contribution in [2.24, 2.45) is 11.0 Å². The number of amides is 1. The first-order chi connectivity index (χ1) is 8.25. The molecule has 1 aromatic rings. The van der Waals surface area contributed by atoms with Gasteiger partial charge in [-0.3, -0.25) is 4.79 Å². The number of rotatable bonds is 1. The molecule has 5 heteroatoms. The minimum Gasteiger partial charge on any atom is -0.380 e. The van der Waals surface area contributed by atoms with E-state index in [4.69, 9.17) is 4.74 Å². The quantitative estimate of drug-likeness (QED) is 0.728. The second-order valence-corrected chi connectivity index (χ2v) is 4.31. The molecule has 1 aromatic heterocycles. The number of pyridine rings is 1. The Morgan fingerprint density at radius 3 is 3.18 bits per heavy atom. The Hall–Kier alpha value is -1.75. The van der Waals surface area contributed by atoms with Crippen molar-refractivity contribution in [1.82, 2.24) is 4.98 Å². The second-order valence-electron chi connectivity index (χ2n) is 4.31. The lowest BCUT2D eigenvalue weighted by molar-refractivity contribution is -0.121. The van der Waals surface area contributed by atoms with Crippen LogP contribution in [0.15, 0.2) is 23.4 Å². The third kappa shape index (κ3) is 1.72. The molecule has 0 saturated carbocycles. The summed E-state index contributed by atoms with van der Waals surface area (Å²) in [5, 5.41) is 5.76. The van der Waals surface area contributed by atoms with E-state index in [1.165, 1.54) is 5.01 Å². The molecule has 2 aliphatic heterocycles. The first-order valence-corrected chi connectivity index (χ1v) is 5.67. The predicted molar refractivity (Wildman–Crippen MR) is 62.8 cm³/mol. The van der Waals surface area contributed by atoms with Crippen LogP contribution in [0.25, 0.3) is 0 Å². The highest BCUT2D eigenvalue weighted by Gasteiger charge is 2.38. The summed E-state index contributed by atoms with van der Waals surface area (Å²) in [7, 11) is 0. The number of carbonyl (C=O) groups excluding carboxylic acids is 1. The monoisotopic (exact) mass is 231 g/mol. The predicted octanol–water partition coefficient (Wildman–Crippen LogP) is 1.13. The van der Waals surface area contributed by atoms with Crippen LogP contribution in [-0.4, -0.2) is 29.8 Å². The summed E-state index contributed by atoms with van der Waals surface area (Å²) in [5.74, 6) is 0.362. The van der Waals surface area contributed by atoms with Crippen LogP contribution in [0.4, 0.5) is 5.82 Å². The molecule has 0 radical (unpaired) electrons. The molecular formula is C12H13N3O2. The molecule has 5 nitrogen and oxygen atoms in total. The summed E-state index contributed by atoms with van der Waals surface area (Å²) in [4.78, 5) is 16.3. The topological polar surface area (TPSA) is 54.8 Å². The molecule has 2 aliphatic rings. The number of hydrogen-bond acceptors (Lipinski definition) is 4. The standard InChI is InChI=1S/C12H13N3O2/c1-8-2-4-13-11(6-8)15-12(16)9-7-17-5-3-10(9)14-15/h2,4,6,9H,3,5,7H2,1H3. The fourth-order valence-corrected chi connectivity index (χ4v) is 2.11. The third-order valence-electron chi connectivity index (χ3n) is 3.04. The SMILES string of the molecule is Cc1ccnc(N2N=C3CCOCC3C2=O)c1. The van der Waals surface area contributed by atoms with Crippen molar-refractivity contribution in [2.75, 3.05) is 18.2 Å². The van der Waals surface area contributed by atoms with Gasteiger partial charge in [0.2, 0.25) is 0 Å². The van der Waals surface area contributed by atoms with Crippen molar-refractivity contribution < 1.29 is 9.53 Å². The van der Waals surface area contributed by atoms with Gasteiger partial charge in [0.05, 0.1) is 18.9 Å². The molecule has 17 heavy (non-hydrogen) atoms. The average molecular weight is 231 g/mol. The Morgan fingerprint density at radius 1 is 1.53 bits per heavy atom. The van der Waals surface area contributed by atoms with Gasteiger partial charge in [-0.1, -0.05) is 0 Å². The van der Waals surface area contributed by atoms with E-state index >= 15 is 0 Å². The summed E-state index contributed by atoms with van der Waals surface area (Å²) in [6.07, 6.45) is 2.43. The Balaban J connectivity index is 1.94. The number of hydrazone groups is 1. The van der Waals surface area contributed by atoms with Crippen molar-refractivity contribution >= 4 is 17.4 Å². The molecular weight excluding hydrogens is 218 g/mol. The summed E-state index contributed by atoms with van der Waals surface area (Å²) in [6.45, 7) is 3.06. The molecule has 1 fully saturated rings. The maximum absolute atomic E-state index is 12.1. The van der Waals surface area contributed by atoms with E-state index in [0.29, 0.717) is 19.0 Å². The van der Waals surface area contributed by atoms with Gasteiger partial charge in [-0.05, 0) is 24.6 Å². The smallest absolute Gasteiger partial charge is 0.260 e. The van der Waals surface area contributed by atoms with Crippen molar-refractivity contribution in [1.29, 1.82) is 0 Å². The number of aryl methyl sites for hydroxylation is 1. The maximum atomic E-state index is 12.1. The van der Waals surface area contributed by atoms with Gasteiger partial charge in [0, 0.05) is 12.6 Å². The van der Waals surface area contributed by atoms with Gasteiger partial charge in [-0.15, -0.1) is 0 Å². The van der Waals surface area contributed by atoms with Gasteiger partial charge < -0.3 is 4.74 Å². The van der Waals surface area contributed by atoms with Crippen molar-refractivity contribution in [2.45, 2.75) is 13.3 Å². The zero-order valence-corrected chi connectivity index (χ0v) is 9.59. The Labute approximate surface area is 99.1 Å². The first kappa shape index (κ1) is 10.4. The van der Waals surface area contributed by atoms with Gasteiger partial charge in [0.15, 0.2) is 5.82 Å². The van der Waals surface area contributed by atoms with Crippen molar-refractivity contribution in [3.05, 3.63) is 23.9 Å². The van der Waals surface area contributed by atoms with Crippen LogP contribution in [0.1, 0.15) is 12.0 Å². The molecule has 88 valence electrons. The summed E-state index contributed by atoms with van der Waals surface area (Å²) in [6, 6.07) is 3.76. The highest BCUT2D eigenvalue weighted by Crippen LogP contribution is 2.26. The van der Waals surface area contributed by atoms with E-state index in [2.05, 4.69) is 10.1 Å². The zero-order chi connectivity index (χ0) is 11.8. The van der Waals surface area contributed by atoms with E-state index in [1.807, 2.05) is 19.1 Å². The minimum absolute atomic E-state index is 0.0298. The second kappa shape index (κ2) is 3.92. The number of nitrogens with zero attached hydrogens (tertiary/aromatic N) is 3. The van der Waals surface area contributed by atoms with E-state index in [1.54, 1.807) is 6.20 Å². The van der Waals surface area contributed by atoms with Crippen molar-refractivity contribution in [3.63, 3.8) is 0 Å². The van der Waals surface area contributed by atoms with Gasteiger partial charge in [-0.25, -0.2) is 4.98 Å². The molecule has 1 saturated heterocycles. The number of hydrogen-bond donors (Lipinski definition) is 0. The highest BCUT2D eigenvalue weighted by molar-refractivity contribution is 6.15. The van der Waals surface area contributed by atoms with Gasteiger partial charge >= 0.3 is 0 Å². The molecule has 0 bridgehead atoms. The molecule has 0 aliphatic carbocycles. The van der Waals surface area contributed by atoms with Crippen LogP contribution in [0.2, 0.25) is 0 Å². The van der Waals surface area contributed by atoms with E-state index in [9.17, 15) is 4.79 Å². The fourth-order valence-electron chi connectivity index (χ4n) is 2.11. The normalized spacial score (nSPS) is 23.6. The fraction of sp³-hybridized carbons (Fsp3) is 0.417. The van der Waals surface area contributed by atoms with Crippen LogP contribution in [-0.2, 0) is 9.53 Å². The Bertz CT molecular complexity index is 498. The largest absolute Gasteiger partial charge is 0.380 e. The molecule has 1 amide bonds. The lowest BCUT2D eigenvalue weighted by Gasteiger charge is -2.17. The summed E-state index contributed by atoms with van der Waals surface area (Å²) >= 11 is 0. The summed E-state index contributed by atoms with van der Waals surface area (Å²) in [5.41, 5.74) is 1.98. The number of carbonyl (C=O) groups is 1. The zero-order valence-electron chi connectivity index (χ0n) is 9.59. The van der Waals surface area contributed by atoms with Gasteiger partial charge in [0.1, 0.15) is 5.92 Å². The number of aromatic nitrogens is 1. The number of fused-ring (bicyclic) bond motifs is 1. The lowest BCUT2D eigenvalue weighted by Crippen LogP contribution is -2.34. The van der Waals surface area contributed by atoms with Crippen molar-refractivity contribution in [3.8, 4) is 0 Å². The molecule has 1 unspecified atom stereocenters. The Morgan fingerprint density at radius 2 is 2.41 bits per heavy atom. The molecule has 0 spiro atoms. The molecule has 3 heterocycles. The highest BCUT2D eigenvalue weighted by atomic mass is 16.5. The van der Waals surface area contributed by atoms with Crippen LogP contribution >= 0.6 is 0 Å². The number of anilines is 1. The maximum Gasteiger partial charge on any atom is 0.260 e.